The fraction of sp³-hybridized carbons (Fsp3) is 0.600. The van der Waals surface area contributed by atoms with E-state index in [4.69, 9.17) is 0 Å². The monoisotopic (exact) mass is 184 g/mol. The molecule has 0 bridgehead atoms. The van der Waals surface area contributed by atoms with Crippen molar-refractivity contribution in [1.29, 1.82) is 0 Å². The molecule has 1 N–H and O–H groups in total. The molecule has 0 aliphatic heterocycles. The van der Waals surface area contributed by atoms with Gasteiger partial charge in [0.2, 0.25) is 0 Å². The average Bonchev–Trinajstić information content (AvgIpc) is 2.57. The van der Waals surface area contributed by atoms with Gasteiger partial charge < -0.3 is 5.11 Å². The van der Waals surface area contributed by atoms with Crippen molar-refractivity contribution in [3.05, 3.63) is 22.4 Å². The van der Waals surface area contributed by atoms with Crippen LogP contribution in [-0.4, -0.2) is 10.7 Å². The Bertz CT molecular complexity index is 212. The standard InChI is InChI=1S/C10H16OS/c1-3-10(11,4-2)7-9-5-6-12-8-9/h5-6,8,11H,3-4,7H2,1-2H3. The normalized spacial score (nSPS) is 11.9. The highest BCUT2D eigenvalue weighted by molar-refractivity contribution is 7.07. The van der Waals surface area contributed by atoms with E-state index in [0.717, 1.165) is 19.3 Å². The van der Waals surface area contributed by atoms with Crippen LogP contribution in [-0.2, 0) is 6.42 Å². The van der Waals surface area contributed by atoms with Gasteiger partial charge in [-0.15, -0.1) is 0 Å². The van der Waals surface area contributed by atoms with Gasteiger partial charge in [0.05, 0.1) is 5.60 Å². The van der Waals surface area contributed by atoms with Gasteiger partial charge in [-0.1, -0.05) is 13.8 Å². The third-order valence-corrected chi connectivity index (χ3v) is 3.16. The largest absolute Gasteiger partial charge is 0.390 e. The summed E-state index contributed by atoms with van der Waals surface area (Å²) in [6.07, 6.45) is 2.46. The summed E-state index contributed by atoms with van der Waals surface area (Å²) in [5.74, 6) is 0. The maximum absolute atomic E-state index is 10.0. The summed E-state index contributed by atoms with van der Waals surface area (Å²) in [6, 6.07) is 2.08. The minimum atomic E-state index is -0.485. The second-order valence-electron chi connectivity index (χ2n) is 3.24. The zero-order valence-corrected chi connectivity index (χ0v) is 8.53. The molecule has 0 unspecified atom stereocenters. The summed E-state index contributed by atoms with van der Waals surface area (Å²) < 4.78 is 0. The summed E-state index contributed by atoms with van der Waals surface area (Å²) in [7, 11) is 0. The van der Waals surface area contributed by atoms with Gasteiger partial charge in [-0.3, -0.25) is 0 Å². The SMILES string of the molecule is CCC(O)(CC)Cc1ccsc1. The molecule has 0 spiro atoms. The first-order valence-electron chi connectivity index (χ1n) is 4.43. The summed E-state index contributed by atoms with van der Waals surface area (Å²) in [5.41, 5.74) is 0.771. The predicted octanol–water partition coefficient (Wildman–Crippen LogP) is 2.84. The zero-order chi connectivity index (χ0) is 9.03. The molecule has 0 aromatic carbocycles. The van der Waals surface area contributed by atoms with Crippen LogP contribution in [0, 0.1) is 0 Å². The van der Waals surface area contributed by atoms with Crippen LogP contribution in [0.25, 0.3) is 0 Å². The minimum Gasteiger partial charge on any atom is -0.390 e. The van der Waals surface area contributed by atoms with Crippen molar-refractivity contribution in [3.63, 3.8) is 0 Å². The molecule has 0 amide bonds. The fourth-order valence-corrected chi connectivity index (χ4v) is 1.94. The van der Waals surface area contributed by atoms with E-state index in [0.29, 0.717) is 0 Å². The van der Waals surface area contributed by atoms with Crippen LogP contribution in [0.5, 0.6) is 0 Å². The van der Waals surface area contributed by atoms with Crippen LogP contribution in [0.15, 0.2) is 16.8 Å². The third-order valence-electron chi connectivity index (χ3n) is 2.43. The second-order valence-corrected chi connectivity index (χ2v) is 4.02. The van der Waals surface area contributed by atoms with Crippen LogP contribution in [0.1, 0.15) is 32.3 Å². The molecular weight excluding hydrogens is 168 g/mol. The lowest BCUT2D eigenvalue weighted by molar-refractivity contribution is 0.0327. The molecule has 1 rings (SSSR count). The molecule has 0 aliphatic carbocycles. The van der Waals surface area contributed by atoms with Crippen LogP contribution >= 0.6 is 11.3 Å². The Balaban J connectivity index is 2.60. The first-order chi connectivity index (χ1) is 5.70. The summed E-state index contributed by atoms with van der Waals surface area (Å²) in [4.78, 5) is 0. The topological polar surface area (TPSA) is 20.2 Å². The number of rotatable bonds is 4. The molecule has 0 atom stereocenters. The van der Waals surface area contributed by atoms with E-state index < -0.39 is 5.60 Å². The quantitative estimate of drug-likeness (QED) is 0.763. The summed E-state index contributed by atoms with van der Waals surface area (Å²) in [6.45, 7) is 4.08. The van der Waals surface area contributed by atoms with Gasteiger partial charge in [0.1, 0.15) is 0 Å². The van der Waals surface area contributed by atoms with Gasteiger partial charge in [-0.25, -0.2) is 0 Å². The molecule has 68 valence electrons. The van der Waals surface area contributed by atoms with Crippen molar-refractivity contribution < 1.29 is 5.11 Å². The van der Waals surface area contributed by atoms with Gasteiger partial charge in [0.15, 0.2) is 0 Å². The molecule has 0 saturated heterocycles. The van der Waals surface area contributed by atoms with Gasteiger partial charge in [-0.2, -0.15) is 11.3 Å². The smallest absolute Gasteiger partial charge is 0.0683 e. The first kappa shape index (κ1) is 9.75. The lowest BCUT2D eigenvalue weighted by Gasteiger charge is -2.24. The van der Waals surface area contributed by atoms with Crippen molar-refractivity contribution in [3.8, 4) is 0 Å². The van der Waals surface area contributed by atoms with Crippen LogP contribution in [0.4, 0.5) is 0 Å². The first-order valence-corrected chi connectivity index (χ1v) is 5.38. The van der Waals surface area contributed by atoms with E-state index in [1.165, 1.54) is 5.56 Å². The Hall–Kier alpha value is -0.340. The van der Waals surface area contributed by atoms with E-state index in [-0.39, 0.29) is 0 Å². The van der Waals surface area contributed by atoms with Crippen LogP contribution < -0.4 is 0 Å². The van der Waals surface area contributed by atoms with Gasteiger partial charge in [-0.05, 0) is 35.2 Å². The third kappa shape index (κ3) is 2.32. The molecule has 0 aliphatic rings. The van der Waals surface area contributed by atoms with Crippen molar-refractivity contribution in [2.75, 3.05) is 0 Å². The molecule has 0 radical (unpaired) electrons. The maximum atomic E-state index is 10.0. The number of hydrogen-bond acceptors (Lipinski definition) is 2. The highest BCUT2D eigenvalue weighted by Crippen LogP contribution is 2.21. The number of aliphatic hydroxyl groups is 1. The summed E-state index contributed by atoms with van der Waals surface area (Å²) >= 11 is 1.69. The molecule has 0 fully saturated rings. The molecule has 1 heterocycles. The Morgan fingerprint density at radius 3 is 2.50 bits per heavy atom. The Labute approximate surface area is 78.1 Å². The predicted molar refractivity (Wildman–Crippen MR) is 53.6 cm³/mol. The number of thiophene rings is 1. The van der Waals surface area contributed by atoms with E-state index in [9.17, 15) is 5.11 Å². The van der Waals surface area contributed by atoms with Crippen molar-refractivity contribution in [1.82, 2.24) is 0 Å². The lowest BCUT2D eigenvalue weighted by atomic mass is 9.91. The Morgan fingerprint density at radius 1 is 1.42 bits per heavy atom. The molecule has 1 aromatic heterocycles. The summed E-state index contributed by atoms with van der Waals surface area (Å²) in [5, 5.41) is 14.2. The number of hydrogen-bond donors (Lipinski definition) is 1. The fourth-order valence-electron chi connectivity index (χ4n) is 1.27. The minimum absolute atomic E-state index is 0.485. The van der Waals surface area contributed by atoms with Gasteiger partial charge in [0.25, 0.3) is 0 Å². The molecule has 1 aromatic rings. The van der Waals surface area contributed by atoms with Crippen molar-refractivity contribution in [2.45, 2.75) is 38.7 Å². The Kier molecular flexibility index (Phi) is 3.29. The van der Waals surface area contributed by atoms with E-state index >= 15 is 0 Å². The lowest BCUT2D eigenvalue weighted by Crippen LogP contribution is -2.29. The zero-order valence-electron chi connectivity index (χ0n) is 7.71. The molecular formula is C10H16OS. The molecule has 2 heteroatoms. The van der Waals surface area contributed by atoms with E-state index in [1.54, 1.807) is 11.3 Å². The van der Waals surface area contributed by atoms with Crippen molar-refractivity contribution >= 4 is 11.3 Å². The maximum Gasteiger partial charge on any atom is 0.0683 e. The van der Waals surface area contributed by atoms with E-state index in [2.05, 4.69) is 16.8 Å². The van der Waals surface area contributed by atoms with Gasteiger partial charge >= 0.3 is 0 Å². The highest BCUT2D eigenvalue weighted by Gasteiger charge is 2.22. The average molecular weight is 184 g/mol. The Morgan fingerprint density at radius 2 is 2.08 bits per heavy atom. The second kappa shape index (κ2) is 4.06. The van der Waals surface area contributed by atoms with Crippen LogP contribution in [0.3, 0.4) is 0 Å². The molecule has 1 nitrogen and oxygen atoms in total. The van der Waals surface area contributed by atoms with Gasteiger partial charge in [0, 0.05) is 6.42 Å². The van der Waals surface area contributed by atoms with E-state index in [1.807, 2.05) is 13.8 Å². The highest BCUT2D eigenvalue weighted by atomic mass is 32.1. The molecule has 12 heavy (non-hydrogen) atoms. The molecule has 0 saturated carbocycles. The van der Waals surface area contributed by atoms with Crippen molar-refractivity contribution in [2.24, 2.45) is 0 Å². The van der Waals surface area contributed by atoms with Crippen LogP contribution in [0.2, 0.25) is 0 Å².